The van der Waals surface area contributed by atoms with E-state index in [4.69, 9.17) is 0 Å². The molecule has 2 aliphatic rings. The monoisotopic (exact) mass is 267 g/mol. The van der Waals surface area contributed by atoms with Gasteiger partial charge in [-0.2, -0.15) is 0 Å². The Kier molecular flexibility index (Phi) is 4.45. The summed E-state index contributed by atoms with van der Waals surface area (Å²) in [4.78, 5) is 30.4. The minimum atomic E-state index is -0.122. The van der Waals surface area contributed by atoms with Crippen molar-refractivity contribution >= 4 is 11.8 Å². The summed E-state index contributed by atoms with van der Waals surface area (Å²) in [6, 6.07) is 0.197. The molecule has 2 aliphatic heterocycles. The maximum atomic E-state index is 12.4. The molecular weight excluding hydrogens is 242 g/mol. The van der Waals surface area contributed by atoms with Crippen molar-refractivity contribution in [2.24, 2.45) is 5.92 Å². The highest BCUT2D eigenvalue weighted by molar-refractivity contribution is 5.89. The molecule has 0 spiro atoms. The van der Waals surface area contributed by atoms with Crippen LogP contribution in [0.1, 0.15) is 27.2 Å². The van der Waals surface area contributed by atoms with Crippen molar-refractivity contribution in [1.82, 2.24) is 14.7 Å². The zero-order valence-electron chi connectivity index (χ0n) is 12.3. The molecule has 0 aromatic heterocycles. The maximum Gasteiger partial charge on any atom is 0.228 e. The Balaban J connectivity index is 1.89. The number of rotatable bonds is 3. The Hall–Kier alpha value is -1.10. The van der Waals surface area contributed by atoms with E-state index in [0.29, 0.717) is 13.0 Å². The fraction of sp³-hybridized carbons (Fsp3) is 0.857. The molecule has 2 saturated heterocycles. The van der Waals surface area contributed by atoms with E-state index in [2.05, 4.69) is 11.8 Å². The summed E-state index contributed by atoms with van der Waals surface area (Å²) < 4.78 is 0. The van der Waals surface area contributed by atoms with E-state index < -0.39 is 0 Å². The van der Waals surface area contributed by atoms with E-state index in [-0.39, 0.29) is 23.8 Å². The second kappa shape index (κ2) is 5.90. The molecule has 0 N–H and O–H groups in total. The predicted octanol–water partition coefficient (Wildman–Crippen LogP) is 0.407. The lowest BCUT2D eigenvalue weighted by Gasteiger charge is -2.35. The maximum absolute atomic E-state index is 12.4. The summed E-state index contributed by atoms with van der Waals surface area (Å²) >= 11 is 0. The Labute approximate surface area is 115 Å². The summed E-state index contributed by atoms with van der Waals surface area (Å²) in [5.74, 6) is 0.177. The van der Waals surface area contributed by atoms with Crippen LogP contribution in [0.3, 0.4) is 0 Å². The lowest BCUT2D eigenvalue weighted by Crippen LogP contribution is -2.50. The molecular formula is C14H25N3O2. The average Bonchev–Trinajstić information content (AvgIpc) is 2.80. The van der Waals surface area contributed by atoms with E-state index in [9.17, 15) is 9.59 Å². The fourth-order valence-corrected chi connectivity index (χ4v) is 2.94. The SMILES string of the molecule is CCN1CCN(C(=O)[C@H]2CC(=O)N(C(C)C)C2)CC1. The lowest BCUT2D eigenvalue weighted by atomic mass is 10.1. The molecule has 19 heavy (non-hydrogen) atoms. The number of hydrogen-bond acceptors (Lipinski definition) is 3. The topological polar surface area (TPSA) is 43.9 Å². The number of likely N-dealkylation sites (N-methyl/N-ethyl adjacent to an activating group) is 1. The minimum Gasteiger partial charge on any atom is -0.340 e. The number of hydrogen-bond donors (Lipinski definition) is 0. The van der Waals surface area contributed by atoms with Crippen molar-refractivity contribution in [2.75, 3.05) is 39.3 Å². The molecule has 0 saturated carbocycles. The fourth-order valence-electron chi connectivity index (χ4n) is 2.94. The van der Waals surface area contributed by atoms with Crippen molar-refractivity contribution in [3.8, 4) is 0 Å². The van der Waals surface area contributed by atoms with Crippen molar-refractivity contribution in [3.63, 3.8) is 0 Å². The molecule has 5 nitrogen and oxygen atoms in total. The molecule has 2 rings (SSSR count). The molecule has 2 amide bonds. The van der Waals surface area contributed by atoms with Gasteiger partial charge in [0.2, 0.25) is 11.8 Å². The largest absolute Gasteiger partial charge is 0.340 e. The quantitative estimate of drug-likeness (QED) is 0.744. The number of piperazine rings is 1. The molecule has 1 atom stereocenters. The zero-order chi connectivity index (χ0) is 14.0. The highest BCUT2D eigenvalue weighted by Gasteiger charge is 2.37. The molecule has 0 unspecified atom stereocenters. The lowest BCUT2D eigenvalue weighted by molar-refractivity contribution is -0.137. The number of nitrogens with zero attached hydrogens (tertiary/aromatic N) is 3. The third-order valence-corrected chi connectivity index (χ3v) is 4.26. The Bertz CT molecular complexity index is 349. The van der Waals surface area contributed by atoms with Gasteiger partial charge in [0.15, 0.2) is 0 Å². The van der Waals surface area contributed by atoms with Crippen molar-refractivity contribution < 1.29 is 9.59 Å². The van der Waals surface area contributed by atoms with Gasteiger partial charge in [-0.1, -0.05) is 6.92 Å². The van der Waals surface area contributed by atoms with Crippen molar-refractivity contribution in [1.29, 1.82) is 0 Å². The minimum absolute atomic E-state index is 0.122. The van der Waals surface area contributed by atoms with Crippen LogP contribution in [0.15, 0.2) is 0 Å². The van der Waals surface area contributed by atoms with Gasteiger partial charge in [-0.05, 0) is 20.4 Å². The first-order valence-electron chi connectivity index (χ1n) is 7.33. The normalized spacial score (nSPS) is 25.5. The third-order valence-electron chi connectivity index (χ3n) is 4.26. The van der Waals surface area contributed by atoms with Crippen LogP contribution in [0.4, 0.5) is 0 Å². The molecule has 108 valence electrons. The zero-order valence-corrected chi connectivity index (χ0v) is 12.3. The van der Waals surface area contributed by atoms with Crippen molar-refractivity contribution in [3.05, 3.63) is 0 Å². The van der Waals surface area contributed by atoms with Crippen LogP contribution < -0.4 is 0 Å². The highest BCUT2D eigenvalue weighted by Crippen LogP contribution is 2.22. The van der Waals surface area contributed by atoms with Gasteiger partial charge >= 0.3 is 0 Å². The van der Waals surface area contributed by atoms with E-state index >= 15 is 0 Å². The summed E-state index contributed by atoms with van der Waals surface area (Å²) in [6.45, 7) is 11.3. The van der Waals surface area contributed by atoms with Gasteiger partial charge in [0, 0.05) is 45.2 Å². The standard InChI is InChI=1S/C14H25N3O2/c1-4-15-5-7-16(8-6-15)14(19)12-9-13(18)17(10-12)11(2)3/h11-12H,4-10H2,1-3H3/t12-/m0/s1. The van der Waals surface area contributed by atoms with E-state index in [0.717, 1.165) is 32.7 Å². The summed E-state index contributed by atoms with van der Waals surface area (Å²) in [7, 11) is 0. The van der Waals surface area contributed by atoms with Crippen LogP contribution in [0.25, 0.3) is 0 Å². The Morgan fingerprint density at radius 3 is 2.37 bits per heavy atom. The second-order valence-electron chi connectivity index (χ2n) is 5.80. The molecule has 2 heterocycles. The van der Waals surface area contributed by atoms with Crippen LogP contribution in [-0.4, -0.2) is 71.8 Å². The number of likely N-dealkylation sites (tertiary alicyclic amines) is 1. The first-order chi connectivity index (χ1) is 9.02. The Morgan fingerprint density at radius 2 is 1.89 bits per heavy atom. The average molecular weight is 267 g/mol. The van der Waals surface area contributed by atoms with Gasteiger partial charge in [0.1, 0.15) is 0 Å². The molecule has 0 aromatic rings. The van der Waals surface area contributed by atoms with Crippen LogP contribution in [-0.2, 0) is 9.59 Å². The highest BCUT2D eigenvalue weighted by atomic mass is 16.2. The van der Waals surface area contributed by atoms with Crippen LogP contribution in [0, 0.1) is 5.92 Å². The predicted molar refractivity (Wildman–Crippen MR) is 73.7 cm³/mol. The van der Waals surface area contributed by atoms with Gasteiger partial charge in [-0.25, -0.2) is 0 Å². The smallest absolute Gasteiger partial charge is 0.228 e. The third kappa shape index (κ3) is 3.08. The molecule has 0 aliphatic carbocycles. The van der Waals surface area contributed by atoms with Crippen LogP contribution in [0.5, 0.6) is 0 Å². The molecule has 5 heteroatoms. The van der Waals surface area contributed by atoms with Crippen molar-refractivity contribution in [2.45, 2.75) is 33.2 Å². The summed E-state index contributed by atoms with van der Waals surface area (Å²) in [6.07, 6.45) is 0.394. The first-order valence-corrected chi connectivity index (χ1v) is 7.33. The van der Waals surface area contributed by atoms with E-state index in [1.807, 2.05) is 23.6 Å². The number of amides is 2. The number of carbonyl (C=O) groups is 2. The molecule has 0 radical (unpaired) electrons. The molecule has 0 bridgehead atoms. The number of carbonyl (C=O) groups excluding carboxylic acids is 2. The summed E-state index contributed by atoms with van der Waals surface area (Å²) in [5.41, 5.74) is 0. The van der Waals surface area contributed by atoms with Gasteiger partial charge < -0.3 is 14.7 Å². The van der Waals surface area contributed by atoms with Gasteiger partial charge in [-0.15, -0.1) is 0 Å². The van der Waals surface area contributed by atoms with Gasteiger partial charge in [0.05, 0.1) is 5.92 Å². The first kappa shape index (κ1) is 14.3. The van der Waals surface area contributed by atoms with E-state index in [1.165, 1.54) is 0 Å². The van der Waals surface area contributed by atoms with Gasteiger partial charge in [-0.3, -0.25) is 9.59 Å². The molecule has 2 fully saturated rings. The van der Waals surface area contributed by atoms with Crippen LogP contribution in [0.2, 0.25) is 0 Å². The van der Waals surface area contributed by atoms with Gasteiger partial charge in [0.25, 0.3) is 0 Å². The van der Waals surface area contributed by atoms with Crippen LogP contribution >= 0.6 is 0 Å². The summed E-state index contributed by atoms with van der Waals surface area (Å²) in [5, 5.41) is 0. The second-order valence-corrected chi connectivity index (χ2v) is 5.80. The Morgan fingerprint density at radius 1 is 1.26 bits per heavy atom. The van der Waals surface area contributed by atoms with E-state index in [1.54, 1.807) is 0 Å². The molecule has 0 aromatic carbocycles.